The number of nitrogens with zero attached hydrogens (tertiary/aromatic N) is 2. The molecule has 2 N–H and O–H groups in total. The summed E-state index contributed by atoms with van der Waals surface area (Å²) in [6.45, 7) is 1.83. The van der Waals surface area contributed by atoms with Crippen LogP contribution in [0.15, 0.2) is 52.9 Å². The van der Waals surface area contributed by atoms with E-state index in [-0.39, 0.29) is 11.2 Å². The van der Waals surface area contributed by atoms with Crippen LogP contribution in [0.25, 0.3) is 0 Å². The van der Waals surface area contributed by atoms with Gasteiger partial charge in [0.05, 0.1) is 25.2 Å². The summed E-state index contributed by atoms with van der Waals surface area (Å²) in [4.78, 5) is 12.4. The van der Waals surface area contributed by atoms with Crippen LogP contribution in [0, 0.1) is 0 Å². The highest BCUT2D eigenvalue weighted by Crippen LogP contribution is 2.33. The first-order chi connectivity index (χ1) is 13.6. The van der Waals surface area contributed by atoms with E-state index in [0.29, 0.717) is 20.9 Å². The van der Waals surface area contributed by atoms with Crippen molar-refractivity contribution in [3.8, 4) is 11.5 Å². The Bertz CT molecular complexity index is 948. The smallest absolute Gasteiger partial charge is 0.237 e. The van der Waals surface area contributed by atoms with Crippen LogP contribution in [-0.4, -0.2) is 35.6 Å². The molecule has 0 saturated carbocycles. The van der Waals surface area contributed by atoms with Crippen molar-refractivity contribution in [1.82, 2.24) is 10.2 Å². The molecule has 0 aliphatic rings. The van der Waals surface area contributed by atoms with Crippen LogP contribution in [0.5, 0.6) is 11.5 Å². The lowest BCUT2D eigenvalue weighted by molar-refractivity contribution is -0.115. The van der Waals surface area contributed by atoms with Crippen LogP contribution in [0.2, 0.25) is 0 Å². The molecule has 1 atom stereocenters. The van der Waals surface area contributed by atoms with E-state index in [4.69, 9.17) is 9.47 Å². The normalized spacial score (nSPS) is 11.5. The van der Waals surface area contributed by atoms with Crippen molar-refractivity contribution >= 4 is 45.5 Å². The summed E-state index contributed by atoms with van der Waals surface area (Å²) in [6, 6.07) is 14.8. The van der Waals surface area contributed by atoms with Gasteiger partial charge in [-0.15, -0.1) is 10.2 Å². The summed E-state index contributed by atoms with van der Waals surface area (Å²) in [5, 5.41) is 14.7. The Morgan fingerprint density at radius 3 is 2.71 bits per heavy atom. The molecule has 0 bridgehead atoms. The molecule has 0 fully saturated rings. The van der Waals surface area contributed by atoms with Gasteiger partial charge in [0.15, 0.2) is 4.34 Å². The number of nitrogens with one attached hydrogen (secondary N) is 2. The standard InChI is InChI=1S/C19H20N4O3S2/c1-12(17(24)20-13-7-6-8-14(11-13)25-2)27-19-23-22-18(28-19)21-15-9-4-5-10-16(15)26-3/h4-12H,1-3H3,(H,20,24)(H,21,22). The fraction of sp³-hybridized carbons (Fsp3) is 0.211. The molecular weight excluding hydrogens is 396 g/mol. The minimum Gasteiger partial charge on any atom is -0.497 e. The maximum atomic E-state index is 12.4. The minimum absolute atomic E-state index is 0.118. The summed E-state index contributed by atoms with van der Waals surface area (Å²) < 4.78 is 11.2. The molecule has 0 saturated heterocycles. The summed E-state index contributed by atoms with van der Waals surface area (Å²) in [5.74, 6) is 1.29. The number of rotatable bonds is 8. The zero-order valence-electron chi connectivity index (χ0n) is 15.6. The largest absolute Gasteiger partial charge is 0.497 e. The number of hydrogen-bond donors (Lipinski definition) is 2. The van der Waals surface area contributed by atoms with Gasteiger partial charge in [-0.1, -0.05) is 41.3 Å². The Kier molecular flexibility index (Phi) is 6.72. The monoisotopic (exact) mass is 416 g/mol. The second-order valence-corrected chi connectivity index (χ2v) is 8.25. The number of hydrogen-bond acceptors (Lipinski definition) is 8. The molecule has 1 amide bonds. The molecule has 3 aromatic rings. The second kappa shape index (κ2) is 9.43. The number of aromatic nitrogens is 2. The number of anilines is 3. The SMILES string of the molecule is COc1cccc(NC(=O)C(C)Sc2nnc(Nc3ccccc3OC)s2)c1. The summed E-state index contributed by atoms with van der Waals surface area (Å²) in [6.07, 6.45) is 0. The molecule has 2 aromatic carbocycles. The molecule has 146 valence electrons. The molecular formula is C19H20N4O3S2. The first kappa shape index (κ1) is 20.0. The van der Waals surface area contributed by atoms with Gasteiger partial charge in [-0.2, -0.15) is 0 Å². The van der Waals surface area contributed by atoms with E-state index in [9.17, 15) is 4.79 Å². The van der Waals surface area contributed by atoms with Gasteiger partial charge in [0.2, 0.25) is 11.0 Å². The van der Waals surface area contributed by atoms with Crippen LogP contribution in [0.3, 0.4) is 0 Å². The van der Waals surface area contributed by atoms with Gasteiger partial charge in [0.1, 0.15) is 11.5 Å². The van der Waals surface area contributed by atoms with Crippen molar-refractivity contribution in [2.45, 2.75) is 16.5 Å². The molecule has 9 heteroatoms. The molecule has 0 aliphatic carbocycles. The van der Waals surface area contributed by atoms with E-state index >= 15 is 0 Å². The highest BCUT2D eigenvalue weighted by Gasteiger charge is 2.18. The zero-order chi connectivity index (χ0) is 19.9. The van der Waals surface area contributed by atoms with Gasteiger partial charge < -0.3 is 20.1 Å². The summed E-state index contributed by atoms with van der Waals surface area (Å²) in [5.41, 5.74) is 1.49. The van der Waals surface area contributed by atoms with Crippen LogP contribution in [-0.2, 0) is 4.79 Å². The van der Waals surface area contributed by atoms with E-state index in [2.05, 4.69) is 20.8 Å². The van der Waals surface area contributed by atoms with Gasteiger partial charge >= 0.3 is 0 Å². The predicted molar refractivity (Wildman–Crippen MR) is 113 cm³/mol. The average Bonchev–Trinajstić information content (AvgIpc) is 3.15. The topological polar surface area (TPSA) is 85.4 Å². The molecule has 7 nitrogen and oxygen atoms in total. The molecule has 3 rings (SSSR count). The Morgan fingerprint density at radius 1 is 1.11 bits per heavy atom. The molecule has 0 aliphatic heterocycles. The Labute approximate surface area is 171 Å². The first-order valence-electron chi connectivity index (χ1n) is 8.44. The summed E-state index contributed by atoms with van der Waals surface area (Å²) in [7, 11) is 3.20. The fourth-order valence-corrected chi connectivity index (χ4v) is 4.23. The molecule has 1 unspecified atom stereocenters. The number of thioether (sulfide) groups is 1. The van der Waals surface area contributed by atoms with E-state index in [0.717, 1.165) is 11.4 Å². The Balaban J connectivity index is 1.60. The van der Waals surface area contributed by atoms with Crippen LogP contribution in [0.1, 0.15) is 6.92 Å². The lowest BCUT2D eigenvalue weighted by Gasteiger charge is -2.11. The third-order valence-electron chi connectivity index (χ3n) is 3.74. The number of ether oxygens (including phenoxy) is 2. The van der Waals surface area contributed by atoms with Gasteiger partial charge in [-0.25, -0.2) is 0 Å². The molecule has 0 radical (unpaired) electrons. The number of methoxy groups -OCH3 is 2. The maximum Gasteiger partial charge on any atom is 0.237 e. The summed E-state index contributed by atoms with van der Waals surface area (Å²) >= 11 is 2.73. The minimum atomic E-state index is -0.335. The highest BCUT2D eigenvalue weighted by atomic mass is 32.2. The number of carbonyl (C=O) groups is 1. The van der Waals surface area contributed by atoms with Gasteiger partial charge in [0, 0.05) is 11.8 Å². The Morgan fingerprint density at radius 2 is 1.93 bits per heavy atom. The van der Waals surface area contributed by atoms with E-state index in [1.807, 2.05) is 49.4 Å². The molecule has 1 aromatic heterocycles. The van der Waals surface area contributed by atoms with Crippen molar-refractivity contribution in [1.29, 1.82) is 0 Å². The maximum absolute atomic E-state index is 12.4. The van der Waals surface area contributed by atoms with Gasteiger partial charge in [-0.05, 0) is 31.2 Å². The van der Waals surface area contributed by atoms with Crippen molar-refractivity contribution in [2.24, 2.45) is 0 Å². The third kappa shape index (κ3) is 5.14. The number of para-hydroxylation sites is 2. The van der Waals surface area contributed by atoms with Gasteiger partial charge in [0.25, 0.3) is 0 Å². The lowest BCUT2D eigenvalue weighted by Crippen LogP contribution is -2.22. The third-order valence-corrected chi connectivity index (χ3v) is 5.76. The number of carbonyl (C=O) groups excluding carboxylic acids is 1. The van der Waals surface area contributed by atoms with Crippen molar-refractivity contribution < 1.29 is 14.3 Å². The van der Waals surface area contributed by atoms with Gasteiger partial charge in [-0.3, -0.25) is 4.79 Å². The molecule has 28 heavy (non-hydrogen) atoms. The Hall–Kier alpha value is -2.78. The van der Waals surface area contributed by atoms with Crippen molar-refractivity contribution in [3.05, 3.63) is 48.5 Å². The van der Waals surface area contributed by atoms with E-state index in [1.54, 1.807) is 20.3 Å². The zero-order valence-corrected chi connectivity index (χ0v) is 17.3. The van der Waals surface area contributed by atoms with Crippen molar-refractivity contribution in [2.75, 3.05) is 24.9 Å². The lowest BCUT2D eigenvalue weighted by atomic mass is 10.3. The molecule has 0 spiro atoms. The second-order valence-electron chi connectivity index (χ2n) is 5.68. The van der Waals surface area contributed by atoms with E-state index in [1.165, 1.54) is 23.1 Å². The quantitative estimate of drug-likeness (QED) is 0.526. The fourth-order valence-electron chi connectivity index (χ4n) is 2.32. The van der Waals surface area contributed by atoms with Crippen LogP contribution >= 0.6 is 23.1 Å². The van der Waals surface area contributed by atoms with Crippen LogP contribution < -0.4 is 20.1 Å². The predicted octanol–water partition coefficient (Wildman–Crippen LogP) is 4.42. The number of benzene rings is 2. The van der Waals surface area contributed by atoms with Crippen molar-refractivity contribution in [3.63, 3.8) is 0 Å². The molecule has 1 heterocycles. The number of amides is 1. The first-order valence-corrected chi connectivity index (χ1v) is 10.1. The average molecular weight is 417 g/mol. The van der Waals surface area contributed by atoms with E-state index < -0.39 is 0 Å². The van der Waals surface area contributed by atoms with Crippen LogP contribution in [0.4, 0.5) is 16.5 Å². The highest BCUT2D eigenvalue weighted by molar-refractivity contribution is 8.02.